The van der Waals surface area contributed by atoms with Gasteiger partial charge in [0.15, 0.2) is 5.82 Å². The Morgan fingerprint density at radius 2 is 2.30 bits per heavy atom. The van der Waals surface area contributed by atoms with Crippen LogP contribution in [0.15, 0.2) is 0 Å². The van der Waals surface area contributed by atoms with E-state index >= 15 is 0 Å². The molecule has 0 aliphatic heterocycles. The van der Waals surface area contributed by atoms with Crippen LogP contribution in [0.3, 0.4) is 0 Å². The van der Waals surface area contributed by atoms with Crippen molar-refractivity contribution in [1.29, 1.82) is 0 Å². The number of nitrogens with zero attached hydrogens (tertiary/aromatic N) is 3. The fraction of sp³-hybridized carbons (Fsp3) is 0.800. The highest BCUT2D eigenvalue weighted by atomic mass is 16.2. The lowest BCUT2D eigenvalue weighted by atomic mass is 10.2. The van der Waals surface area contributed by atoms with Crippen molar-refractivity contribution >= 4 is 0 Å². The highest BCUT2D eigenvalue weighted by molar-refractivity contribution is 4.74. The third-order valence-corrected chi connectivity index (χ3v) is 1.20. The highest BCUT2D eigenvalue weighted by Gasteiger charge is 1.95. The maximum absolute atomic E-state index is 8.43. The molecule has 0 aromatic carbocycles. The second kappa shape index (κ2) is 3.94. The molecule has 5 heteroatoms. The van der Waals surface area contributed by atoms with Gasteiger partial charge in [-0.05, 0) is 12.8 Å². The van der Waals surface area contributed by atoms with Gasteiger partial charge in [-0.25, -0.2) is 0 Å². The van der Waals surface area contributed by atoms with Crippen LogP contribution in [0, 0.1) is 0 Å². The summed E-state index contributed by atoms with van der Waals surface area (Å²) in [5.74, 6) is 0.716. The topological polar surface area (TPSA) is 74.7 Å². The van der Waals surface area contributed by atoms with Crippen LogP contribution in [0.4, 0.5) is 0 Å². The van der Waals surface area contributed by atoms with Crippen LogP contribution in [-0.2, 0) is 6.42 Å². The summed E-state index contributed by atoms with van der Waals surface area (Å²) >= 11 is 0. The van der Waals surface area contributed by atoms with Gasteiger partial charge in [-0.3, -0.25) is 0 Å². The van der Waals surface area contributed by atoms with Gasteiger partial charge in [0.25, 0.3) is 0 Å². The van der Waals surface area contributed by atoms with Crippen molar-refractivity contribution < 1.29 is 5.11 Å². The lowest BCUT2D eigenvalue weighted by Gasteiger charge is -1.90. The molecule has 1 rings (SSSR count). The lowest BCUT2D eigenvalue weighted by Crippen LogP contribution is -1.90. The summed E-state index contributed by atoms with van der Waals surface area (Å²) in [6, 6.07) is 0. The van der Waals surface area contributed by atoms with Gasteiger partial charge in [0.05, 0.1) is 0 Å². The van der Waals surface area contributed by atoms with Gasteiger partial charge in [-0.15, -0.1) is 10.2 Å². The minimum atomic E-state index is 0.234. The summed E-state index contributed by atoms with van der Waals surface area (Å²) in [5, 5.41) is 21.7. The molecule has 0 fully saturated rings. The van der Waals surface area contributed by atoms with Crippen molar-refractivity contribution in [3.63, 3.8) is 0 Å². The van der Waals surface area contributed by atoms with Gasteiger partial charge in [0, 0.05) is 13.0 Å². The van der Waals surface area contributed by atoms with Gasteiger partial charge in [-0.1, -0.05) is 5.21 Å². The number of aliphatic hydroxyl groups excluding tert-OH is 1. The van der Waals surface area contributed by atoms with Crippen LogP contribution in [0.1, 0.15) is 18.7 Å². The number of H-pyrrole nitrogens is 1. The average Bonchev–Trinajstić information content (AvgIpc) is 2.41. The van der Waals surface area contributed by atoms with Gasteiger partial charge in [-0.2, -0.15) is 5.21 Å². The second-order valence-corrected chi connectivity index (χ2v) is 2.01. The van der Waals surface area contributed by atoms with Crippen molar-refractivity contribution in [3.05, 3.63) is 5.82 Å². The van der Waals surface area contributed by atoms with E-state index < -0.39 is 0 Å². The Bertz CT molecular complexity index is 162. The zero-order valence-electron chi connectivity index (χ0n) is 5.62. The zero-order chi connectivity index (χ0) is 7.23. The number of nitrogens with one attached hydrogen (secondary N) is 1. The van der Waals surface area contributed by atoms with Gasteiger partial charge in [0.1, 0.15) is 0 Å². The Morgan fingerprint density at radius 3 is 2.90 bits per heavy atom. The van der Waals surface area contributed by atoms with Crippen LogP contribution in [0.25, 0.3) is 0 Å². The third-order valence-electron chi connectivity index (χ3n) is 1.20. The predicted molar refractivity (Wildman–Crippen MR) is 34.2 cm³/mol. The molecule has 0 aliphatic rings. The smallest absolute Gasteiger partial charge is 0.174 e. The predicted octanol–water partition coefficient (Wildman–Crippen LogP) is -0.485. The number of aromatic nitrogens is 4. The van der Waals surface area contributed by atoms with E-state index in [1.165, 1.54) is 0 Å². The molecule has 0 unspecified atom stereocenters. The Morgan fingerprint density at radius 1 is 1.40 bits per heavy atom. The maximum Gasteiger partial charge on any atom is 0.174 e. The van der Waals surface area contributed by atoms with Gasteiger partial charge in [0.2, 0.25) is 0 Å². The molecule has 1 aromatic rings. The second-order valence-electron chi connectivity index (χ2n) is 2.01. The van der Waals surface area contributed by atoms with Gasteiger partial charge >= 0.3 is 0 Å². The fourth-order valence-corrected chi connectivity index (χ4v) is 0.683. The molecule has 1 aromatic heterocycles. The van der Waals surface area contributed by atoms with Crippen molar-refractivity contribution in [2.24, 2.45) is 0 Å². The number of aliphatic hydroxyl groups is 1. The molecule has 0 radical (unpaired) electrons. The molecule has 0 aliphatic carbocycles. The quantitative estimate of drug-likeness (QED) is 0.556. The molecule has 0 bridgehead atoms. The Balaban J connectivity index is 2.15. The number of aryl methyl sites for hydroxylation is 1. The summed E-state index contributed by atoms with van der Waals surface area (Å²) < 4.78 is 0. The number of rotatable bonds is 4. The molecule has 0 saturated carbocycles. The van der Waals surface area contributed by atoms with Crippen LogP contribution in [-0.4, -0.2) is 32.3 Å². The zero-order valence-corrected chi connectivity index (χ0v) is 5.62. The summed E-state index contributed by atoms with van der Waals surface area (Å²) in [6.45, 7) is 0.234. The van der Waals surface area contributed by atoms with Crippen molar-refractivity contribution in [2.75, 3.05) is 6.61 Å². The third kappa shape index (κ3) is 2.10. The molecule has 5 nitrogen and oxygen atoms in total. The SMILES string of the molecule is OCCCCc1nn[nH]n1. The van der Waals surface area contributed by atoms with E-state index in [4.69, 9.17) is 5.11 Å². The molecule has 0 amide bonds. The minimum Gasteiger partial charge on any atom is -0.396 e. The van der Waals surface area contributed by atoms with E-state index in [0.29, 0.717) is 5.82 Å². The molecular formula is C5H10N4O. The van der Waals surface area contributed by atoms with Crippen molar-refractivity contribution in [3.8, 4) is 0 Å². The lowest BCUT2D eigenvalue weighted by molar-refractivity contribution is 0.284. The largest absolute Gasteiger partial charge is 0.396 e. The minimum absolute atomic E-state index is 0.234. The fourth-order valence-electron chi connectivity index (χ4n) is 0.683. The molecule has 0 saturated heterocycles. The number of aromatic amines is 1. The first-order chi connectivity index (χ1) is 4.93. The number of tetrazole rings is 1. The summed E-state index contributed by atoms with van der Waals surface area (Å²) in [4.78, 5) is 0. The van der Waals surface area contributed by atoms with Gasteiger partial charge < -0.3 is 5.11 Å². The monoisotopic (exact) mass is 142 g/mol. The molecule has 0 atom stereocenters. The highest BCUT2D eigenvalue weighted by Crippen LogP contribution is 1.94. The summed E-state index contributed by atoms with van der Waals surface area (Å²) in [5.41, 5.74) is 0. The molecule has 56 valence electrons. The van der Waals surface area contributed by atoms with Crippen LogP contribution < -0.4 is 0 Å². The average molecular weight is 142 g/mol. The maximum atomic E-state index is 8.43. The number of hydrogen-bond donors (Lipinski definition) is 2. The Kier molecular flexibility index (Phi) is 2.82. The Hall–Kier alpha value is -0.970. The summed E-state index contributed by atoms with van der Waals surface area (Å²) in [6.07, 6.45) is 2.50. The van der Waals surface area contributed by atoms with E-state index in [0.717, 1.165) is 19.3 Å². The standard InChI is InChI=1S/C5H10N4O/c10-4-2-1-3-5-6-8-9-7-5/h10H,1-4H2,(H,6,7,8,9). The molecule has 0 spiro atoms. The van der Waals surface area contributed by atoms with E-state index in [2.05, 4.69) is 20.6 Å². The normalized spacial score (nSPS) is 10.1. The van der Waals surface area contributed by atoms with E-state index in [1.54, 1.807) is 0 Å². The van der Waals surface area contributed by atoms with E-state index in [1.807, 2.05) is 0 Å². The Labute approximate surface area is 58.5 Å². The number of hydrogen-bond acceptors (Lipinski definition) is 4. The van der Waals surface area contributed by atoms with E-state index in [-0.39, 0.29) is 6.61 Å². The first-order valence-corrected chi connectivity index (χ1v) is 3.26. The molecule has 10 heavy (non-hydrogen) atoms. The van der Waals surface area contributed by atoms with Crippen molar-refractivity contribution in [2.45, 2.75) is 19.3 Å². The number of unbranched alkanes of at least 4 members (excludes halogenated alkanes) is 1. The molecule has 1 heterocycles. The van der Waals surface area contributed by atoms with Crippen LogP contribution >= 0.6 is 0 Å². The first-order valence-electron chi connectivity index (χ1n) is 3.26. The van der Waals surface area contributed by atoms with Crippen LogP contribution in [0.2, 0.25) is 0 Å². The molecule has 2 N–H and O–H groups in total. The summed E-state index contributed by atoms with van der Waals surface area (Å²) in [7, 11) is 0. The first kappa shape index (κ1) is 7.14. The molecular weight excluding hydrogens is 132 g/mol. The van der Waals surface area contributed by atoms with Crippen molar-refractivity contribution in [1.82, 2.24) is 20.6 Å². The van der Waals surface area contributed by atoms with E-state index in [9.17, 15) is 0 Å². The van der Waals surface area contributed by atoms with Crippen LogP contribution in [0.5, 0.6) is 0 Å².